The van der Waals surface area contributed by atoms with Gasteiger partial charge in [-0.05, 0) is 61.4 Å². The van der Waals surface area contributed by atoms with Crippen LogP contribution in [0.15, 0.2) is 47.6 Å². The van der Waals surface area contributed by atoms with Crippen LogP contribution in [0.2, 0.25) is 0 Å². The van der Waals surface area contributed by atoms with Gasteiger partial charge in [0, 0.05) is 0 Å². The molecule has 156 valence electrons. The lowest BCUT2D eigenvalue weighted by Gasteiger charge is -2.10. The minimum atomic E-state index is -0.360. The summed E-state index contributed by atoms with van der Waals surface area (Å²) >= 11 is 0. The summed E-state index contributed by atoms with van der Waals surface area (Å²) in [4.78, 5) is 11.9. The second kappa shape index (κ2) is 12.3. The van der Waals surface area contributed by atoms with E-state index in [1.807, 2.05) is 19.1 Å². The molecule has 0 heterocycles. The summed E-state index contributed by atoms with van der Waals surface area (Å²) < 4.78 is 21.8. The number of carbonyl (C=O) groups is 1. The Bertz CT molecular complexity index is 790. The summed E-state index contributed by atoms with van der Waals surface area (Å²) in [6.07, 6.45) is 3.58. The molecule has 0 atom stereocenters. The van der Waals surface area contributed by atoms with Crippen LogP contribution in [0.4, 0.5) is 0 Å². The SMILES string of the molecule is CCCCOc1ccc(/C=N/NC(=O)COc2ccc(OCC)cc2)cc1OC. The number of unbranched alkanes of at least 4 members (excludes halogenated alkanes) is 1. The number of carbonyl (C=O) groups excluding carboxylic acids is 1. The number of methoxy groups -OCH3 is 1. The Labute approximate surface area is 171 Å². The summed E-state index contributed by atoms with van der Waals surface area (Å²) in [5, 5.41) is 3.95. The van der Waals surface area contributed by atoms with Crippen LogP contribution in [-0.2, 0) is 4.79 Å². The average molecular weight is 400 g/mol. The molecule has 0 saturated carbocycles. The summed E-state index contributed by atoms with van der Waals surface area (Å²) in [6.45, 7) is 5.13. The molecule has 0 aliphatic rings. The highest BCUT2D eigenvalue weighted by atomic mass is 16.5. The number of benzene rings is 2. The normalized spacial score (nSPS) is 10.6. The number of hydrogen-bond donors (Lipinski definition) is 1. The predicted octanol–water partition coefficient (Wildman–Crippen LogP) is 3.80. The van der Waals surface area contributed by atoms with Crippen LogP contribution in [0.1, 0.15) is 32.3 Å². The molecule has 0 saturated heterocycles. The molecule has 7 heteroatoms. The van der Waals surface area contributed by atoms with Gasteiger partial charge in [0.1, 0.15) is 11.5 Å². The van der Waals surface area contributed by atoms with Gasteiger partial charge >= 0.3 is 0 Å². The van der Waals surface area contributed by atoms with E-state index in [-0.39, 0.29) is 12.5 Å². The average Bonchev–Trinajstić information content (AvgIpc) is 2.74. The lowest BCUT2D eigenvalue weighted by Crippen LogP contribution is -2.24. The Hall–Kier alpha value is -3.22. The molecule has 7 nitrogen and oxygen atoms in total. The quantitative estimate of drug-likeness (QED) is 0.333. The molecule has 0 bridgehead atoms. The van der Waals surface area contributed by atoms with Crippen molar-refractivity contribution in [3.8, 4) is 23.0 Å². The summed E-state index contributed by atoms with van der Waals surface area (Å²) in [5.41, 5.74) is 3.21. The highest BCUT2D eigenvalue weighted by molar-refractivity contribution is 5.83. The smallest absolute Gasteiger partial charge is 0.277 e. The van der Waals surface area contributed by atoms with E-state index >= 15 is 0 Å². The van der Waals surface area contributed by atoms with E-state index in [9.17, 15) is 4.79 Å². The minimum Gasteiger partial charge on any atom is -0.494 e. The van der Waals surface area contributed by atoms with Crippen LogP contribution >= 0.6 is 0 Å². The predicted molar refractivity (Wildman–Crippen MR) is 112 cm³/mol. The molecule has 2 aromatic carbocycles. The van der Waals surface area contributed by atoms with Gasteiger partial charge in [-0.3, -0.25) is 4.79 Å². The molecule has 0 aliphatic heterocycles. The number of rotatable bonds is 12. The summed E-state index contributed by atoms with van der Waals surface area (Å²) in [6, 6.07) is 12.5. The Balaban J connectivity index is 1.81. The second-order valence-corrected chi connectivity index (χ2v) is 6.10. The molecule has 0 aromatic heterocycles. The first-order chi connectivity index (χ1) is 14.2. The van der Waals surface area contributed by atoms with Gasteiger partial charge in [-0.25, -0.2) is 5.43 Å². The molecular formula is C22H28N2O5. The molecule has 1 N–H and O–H groups in total. The second-order valence-electron chi connectivity index (χ2n) is 6.10. The van der Waals surface area contributed by atoms with Crippen molar-refractivity contribution in [1.29, 1.82) is 0 Å². The van der Waals surface area contributed by atoms with Crippen molar-refractivity contribution in [2.45, 2.75) is 26.7 Å². The third-order valence-corrected chi connectivity index (χ3v) is 3.85. The van der Waals surface area contributed by atoms with E-state index in [0.29, 0.717) is 30.5 Å². The van der Waals surface area contributed by atoms with Gasteiger partial charge in [-0.2, -0.15) is 5.10 Å². The maximum absolute atomic E-state index is 11.9. The Kier molecular flexibility index (Phi) is 9.35. The first-order valence-corrected chi connectivity index (χ1v) is 9.64. The molecule has 0 fully saturated rings. The number of amides is 1. The number of ether oxygens (including phenoxy) is 4. The largest absolute Gasteiger partial charge is 0.494 e. The monoisotopic (exact) mass is 400 g/mol. The van der Waals surface area contributed by atoms with E-state index in [1.54, 1.807) is 37.4 Å². The Morgan fingerprint density at radius 3 is 2.38 bits per heavy atom. The first kappa shape index (κ1) is 22.1. The van der Waals surface area contributed by atoms with Gasteiger partial charge < -0.3 is 18.9 Å². The van der Waals surface area contributed by atoms with Crippen LogP contribution in [0.5, 0.6) is 23.0 Å². The molecule has 0 aliphatic carbocycles. The number of hydrazone groups is 1. The van der Waals surface area contributed by atoms with Gasteiger partial charge in [-0.1, -0.05) is 13.3 Å². The van der Waals surface area contributed by atoms with Gasteiger partial charge in [-0.15, -0.1) is 0 Å². The van der Waals surface area contributed by atoms with Crippen molar-refractivity contribution in [1.82, 2.24) is 5.43 Å². The van der Waals surface area contributed by atoms with Crippen LogP contribution in [0.25, 0.3) is 0 Å². The number of hydrogen-bond acceptors (Lipinski definition) is 6. The zero-order valence-corrected chi connectivity index (χ0v) is 17.1. The van der Waals surface area contributed by atoms with E-state index in [1.165, 1.54) is 6.21 Å². The maximum atomic E-state index is 11.9. The maximum Gasteiger partial charge on any atom is 0.277 e. The third-order valence-electron chi connectivity index (χ3n) is 3.85. The standard InChI is InChI=1S/C22H28N2O5/c1-4-6-13-28-20-12-7-17(14-21(20)26-3)15-23-24-22(25)16-29-19-10-8-18(9-11-19)27-5-2/h7-12,14-15H,4-6,13,16H2,1-3H3,(H,24,25)/b23-15+. The van der Waals surface area contributed by atoms with Gasteiger partial charge in [0.2, 0.25) is 0 Å². The van der Waals surface area contributed by atoms with E-state index in [2.05, 4.69) is 17.5 Å². The lowest BCUT2D eigenvalue weighted by molar-refractivity contribution is -0.123. The fourth-order valence-electron chi connectivity index (χ4n) is 2.37. The molecule has 2 aromatic rings. The van der Waals surface area contributed by atoms with Crippen molar-refractivity contribution in [3.63, 3.8) is 0 Å². The third kappa shape index (κ3) is 7.73. The van der Waals surface area contributed by atoms with Crippen molar-refractivity contribution >= 4 is 12.1 Å². The van der Waals surface area contributed by atoms with Crippen LogP contribution < -0.4 is 24.4 Å². The summed E-state index contributed by atoms with van der Waals surface area (Å²) in [5.74, 6) is 2.28. The number of nitrogens with zero attached hydrogens (tertiary/aromatic N) is 1. The van der Waals surface area contributed by atoms with Crippen molar-refractivity contribution < 1.29 is 23.7 Å². The van der Waals surface area contributed by atoms with Gasteiger partial charge in [0.05, 0.1) is 26.5 Å². The van der Waals surface area contributed by atoms with E-state index in [4.69, 9.17) is 18.9 Å². The molecule has 29 heavy (non-hydrogen) atoms. The minimum absolute atomic E-state index is 0.140. The summed E-state index contributed by atoms with van der Waals surface area (Å²) in [7, 11) is 1.59. The zero-order chi connectivity index (χ0) is 20.9. The Morgan fingerprint density at radius 1 is 1.00 bits per heavy atom. The fraction of sp³-hybridized carbons (Fsp3) is 0.364. The highest BCUT2D eigenvalue weighted by Gasteiger charge is 2.05. The molecule has 0 radical (unpaired) electrons. The van der Waals surface area contributed by atoms with Crippen molar-refractivity contribution in [3.05, 3.63) is 48.0 Å². The molecule has 0 spiro atoms. The van der Waals surface area contributed by atoms with Crippen LogP contribution in [0.3, 0.4) is 0 Å². The topological polar surface area (TPSA) is 78.4 Å². The molecular weight excluding hydrogens is 372 g/mol. The number of nitrogens with one attached hydrogen (secondary N) is 1. The first-order valence-electron chi connectivity index (χ1n) is 9.64. The fourth-order valence-corrected chi connectivity index (χ4v) is 2.37. The van der Waals surface area contributed by atoms with E-state index < -0.39 is 0 Å². The van der Waals surface area contributed by atoms with Gasteiger partial charge in [0.15, 0.2) is 18.1 Å². The Morgan fingerprint density at radius 2 is 1.72 bits per heavy atom. The van der Waals surface area contributed by atoms with Crippen molar-refractivity contribution in [2.75, 3.05) is 26.9 Å². The van der Waals surface area contributed by atoms with E-state index in [0.717, 1.165) is 24.2 Å². The lowest BCUT2D eigenvalue weighted by atomic mass is 10.2. The highest BCUT2D eigenvalue weighted by Crippen LogP contribution is 2.27. The van der Waals surface area contributed by atoms with Gasteiger partial charge in [0.25, 0.3) is 5.91 Å². The van der Waals surface area contributed by atoms with Crippen LogP contribution in [0, 0.1) is 0 Å². The van der Waals surface area contributed by atoms with Crippen LogP contribution in [-0.4, -0.2) is 39.1 Å². The molecule has 1 amide bonds. The molecule has 2 rings (SSSR count). The molecule has 0 unspecified atom stereocenters. The van der Waals surface area contributed by atoms with Crippen molar-refractivity contribution in [2.24, 2.45) is 5.10 Å². The zero-order valence-electron chi connectivity index (χ0n) is 17.1.